The molecular weight excluding hydrogens is 296 g/mol. The van der Waals surface area contributed by atoms with Gasteiger partial charge >= 0.3 is 11.9 Å². The summed E-state index contributed by atoms with van der Waals surface area (Å²) in [5.74, 6) is -0.437. The molecular formula is C13H18N2O7. The number of hydrogen-bond acceptors (Lipinski definition) is 7. The minimum atomic E-state index is -1.03. The Bertz CT molecular complexity index is 493. The van der Waals surface area contributed by atoms with Gasteiger partial charge in [-0.05, 0) is 6.92 Å². The van der Waals surface area contributed by atoms with Crippen LogP contribution in [0.15, 0.2) is 18.5 Å². The lowest BCUT2D eigenvalue weighted by Crippen LogP contribution is -2.32. The third kappa shape index (κ3) is 8.35. The zero-order valence-electron chi connectivity index (χ0n) is 12.4. The number of hydrogen-bond donors (Lipinski definition) is 2. The second kappa shape index (κ2) is 10.9. The van der Waals surface area contributed by atoms with E-state index in [0.717, 1.165) is 0 Å². The minimum absolute atomic E-state index is 0.141. The number of aliphatic carboxylic acids is 1. The predicted octanol–water partition coefficient (Wildman–Crippen LogP) is 0.195. The first-order valence-corrected chi connectivity index (χ1v) is 6.09. The maximum Gasteiger partial charge on any atom is 0.325 e. The van der Waals surface area contributed by atoms with E-state index in [1.54, 1.807) is 12.3 Å². The number of carbonyl (C=O) groups excluding carboxylic acids is 2. The summed E-state index contributed by atoms with van der Waals surface area (Å²) in [6.07, 6.45) is 3.43. The quantitative estimate of drug-likeness (QED) is 0.415. The van der Waals surface area contributed by atoms with Crippen LogP contribution in [0.3, 0.4) is 0 Å². The van der Waals surface area contributed by atoms with E-state index in [4.69, 9.17) is 14.6 Å². The van der Waals surface area contributed by atoms with Crippen LogP contribution in [-0.4, -0.2) is 48.4 Å². The number of nitrogens with zero attached hydrogens (tertiary/aromatic N) is 1. The second-order valence-electron chi connectivity index (χ2n) is 3.77. The molecule has 0 aliphatic rings. The molecule has 0 spiro atoms. The first kappa shape index (κ1) is 19.2. The molecule has 2 N–H and O–H groups in total. The van der Waals surface area contributed by atoms with Crippen molar-refractivity contribution < 1.29 is 33.7 Å². The Morgan fingerprint density at radius 3 is 2.59 bits per heavy atom. The second-order valence-corrected chi connectivity index (χ2v) is 3.77. The molecule has 0 unspecified atom stereocenters. The van der Waals surface area contributed by atoms with Crippen molar-refractivity contribution in [2.75, 3.05) is 13.9 Å². The van der Waals surface area contributed by atoms with Crippen LogP contribution in [0, 0.1) is 0 Å². The fourth-order valence-electron chi connectivity index (χ4n) is 0.994. The molecule has 122 valence electrons. The van der Waals surface area contributed by atoms with Gasteiger partial charge in [0.2, 0.25) is 13.2 Å². The predicted molar refractivity (Wildman–Crippen MR) is 74.3 cm³/mol. The number of carbonyl (C=O) groups is 3. The largest absolute Gasteiger partial charge is 0.493 e. The number of carboxylic acids is 1. The van der Waals surface area contributed by atoms with E-state index in [0.29, 0.717) is 17.9 Å². The Kier molecular flexibility index (Phi) is 9.48. The van der Waals surface area contributed by atoms with Crippen LogP contribution >= 0.6 is 0 Å². The number of rotatable bonds is 7. The molecule has 1 atom stereocenters. The van der Waals surface area contributed by atoms with Crippen LogP contribution in [0.5, 0.6) is 11.5 Å². The lowest BCUT2D eigenvalue weighted by atomic mass is 10.4. The highest BCUT2D eigenvalue weighted by Crippen LogP contribution is 2.24. The number of methoxy groups -OCH3 is 1. The molecule has 22 heavy (non-hydrogen) atoms. The molecule has 0 aliphatic heterocycles. The van der Waals surface area contributed by atoms with Gasteiger partial charge in [0.1, 0.15) is 6.04 Å². The molecule has 1 aromatic heterocycles. The van der Waals surface area contributed by atoms with Gasteiger partial charge in [0, 0.05) is 19.2 Å². The Balaban J connectivity index is 0.000000472. The number of aromatic nitrogens is 1. The molecule has 0 radical (unpaired) electrons. The number of nitrogens with one attached hydrogen (secondary N) is 1. The molecule has 1 rings (SSSR count). The van der Waals surface area contributed by atoms with Crippen LogP contribution in [0.2, 0.25) is 0 Å². The summed E-state index contributed by atoms with van der Waals surface area (Å²) in [4.78, 5) is 33.7. The molecule has 9 heteroatoms. The van der Waals surface area contributed by atoms with E-state index < -0.39 is 18.0 Å². The SMILES string of the molecule is COc1ccncc1OCOC(C)=O.C[C@H](NC=O)C(=O)O. The van der Waals surface area contributed by atoms with Gasteiger partial charge in [-0.25, -0.2) is 0 Å². The van der Waals surface area contributed by atoms with E-state index in [-0.39, 0.29) is 6.79 Å². The van der Waals surface area contributed by atoms with Gasteiger partial charge in [-0.1, -0.05) is 0 Å². The summed E-state index contributed by atoms with van der Waals surface area (Å²) in [5.41, 5.74) is 0. The highest BCUT2D eigenvalue weighted by molar-refractivity contribution is 5.75. The van der Waals surface area contributed by atoms with Gasteiger partial charge in [-0.2, -0.15) is 0 Å². The number of pyridine rings is 1. The van der Waals surface area contributed by atoms with Gasteiger partial charge in [-0.3, -0.25) is 19.4 Å². The monoisotopic (exact) mass is 314 g/mol. The number of amides is 1. The van der Waals surface area contributed by atoms with Crippen molar-refractivity contribution in [3.63, 3.8) is 0 Å². The Morgan fingerprint density at radius 1 is 1.45 bits per heavy atom. The van der Waals surface area contributed by atoms with Gasteiger partial charge in [0.25, 0.3) is 0 Å². The van der Waals surface area contributed by atoms with Crippen LogP contribution in [0.4, 0.5) is 0 Å². The van der Waals surface area contributed by atoms with Gasteiger partial charge in [-0.15, -0.1) is 0 Å². The van der Waals surface area contributed by atoms with Crippen molar-refractivity contribution in [3.8, 4) is 11.5 Å². The van der Waals surface area contributed by atoms with Crippen molar-refractivity contribution in [2.45, 2.75) is 19.9 Å². The smallest absolute Gasteiger partial charge is 0.325 e. The van der Waals surface area contributed by atoms with Crippen molar-refractivity contribution in [3.05, 3.63) is 18.5 Å². The molecule has 0 aromatic carbocycles. The normalized spacial score (nSPS) is 10.3. The lowest BCUT2D eigenvalue weighted by Gasteiger charge is -2.08. The zero-order valence-corrected chi connectivity index (χ0v) is 12.4. The minimum Gasteiger partial charge on any atom is -0.493 e. The summed E-state index contributed by atoms with van der Waals surface area (Å²) >= 11 is 0. The first-order valence-electron chi connectivity index (χ1n) is 6.09. The third-order valence-electron chi connectivity index (χ3n) is 2.13. The Hall–Kier alpha value is -2.84. The van der Waals surface area contributed by atoms with E-state index in [9.17, 15) is 14.4 Å². The lowest BCUT2D eigenvalue weighted by molar-refractivity contribution is -0.147. The van der Waals surface area contributed by atoms with E-state index >= 15 is 0 Å². The summed E-state index contributed by atoms with van der Waals surface area (Å²) in [6.45, 7) is 2.55. The highest BCUT2D eigenvalue weighted by atomic mass is 16.7. The van der Waals surface area contributed by atoms with Crippen LogP contribution in [0.1, 0.15) is 13.8 Å². The molecule has 0 fully saturated rings. The van der Waals surface area contributed by atoms with Crippen molar-refractivity contribution >= 4 is 18.3 Å². The molecule has 0 saturated carbocycles. The first-order chi connectivity index (χ1) is 10.4. The van der Waals surface area contributed by atoms with Gasteiger partial charge in [0.05, 0.1) is 13.3 Å². The van der Waals surface area contributed by atoms with Crippen molar-refractivity contribution in [2.24, 2.45) is 0 Å². The zero-order chi connectivity index (χ0) is 17.0. The van der Waals surface area contributed by atoms with Gasteiger partial charge < -0.3 is 24.6 Å². The maximum absolute atomic E-state index is 10.4. The number of esters is 1. The summed E-state index contributed by atoms with van der Waals surface area (Å²) in [6, 6.07) is 0.871. The molecule has 1 aromatic rings. The molecule has 0 bridgehead atoms. The number of carboxylic acid groups (broad SMARTS) is 1. The van der Waals surface area contributed by atoms with Crippen LogP contribution in [0.25, 0.3) is 0 Å². The Labute approximate surface area is 127 Å². The molecule has 0 saturated heterocycles. The summed E-state index contributed by atoms with van der Waals surface area (Å²) in [7, 11) is 1.52. The van der Waals surface area contributed by atoms with E-state index in [1.807, 2.05) is 0 Å². The third-order valence-corrected chi connectivity index (χ3v) is 2.13. The average Bonchev–Trinajstić information content (AvgIpc) is 2.48. The Morgan fingerprint density at radius 2 is 2.14 bits per heavy atom. The van der Waals surface area contributed by atoms with Crippen molar-refractivity contribution in [1.82, 2.24) is 10.3 Å². The molecule has 1 amide bonds. The standard InChI is InChI=1S/C9H11NO4.C4H7NO3/c1-7(11)13-6-14-9-5-10-4-3-8(9)12-2;1-3(4(7)8)5-2-6/h3-5H,6H2,1-2H3;2-3H,1H3,(H,5,6)(H,7,8)/t;3-/m.0/s1. The fourth-order valence-corrected chi connectivity index (χ4v) is 0.994. The molecule has 1 heterocycles. The topological polar surface area (TPSA) is 124 Å². The van der Waals surface area contributed by atoms with Crippen molar-refractivity contribution in [1.29, 1.82) is 0 Å². The summed E-state index contributed by atoms with van der Waals surface area (Å²) < 4.78 is 14.7. The summed E-state index contributed by atoms with van der Waals surface area (Å²) in [5, 5.41) is 10.2. The van der Waals surface area contributed by atoms with E-state index in [1.165, 1.54) is 27.2 Å². The fraction of sp³-hybridized carbons (Fsp3) is 0.385. The molecule has 9 nitrogen and oxygen atoms in total. The van der Waals surface area contributed by atoms with Crippen LogP contribution in [-0.2, 0) is 19.1 Å². The maximum atomic E-state index is 10.4. The van der Waals surface area contributed by atoms with E-state index in [2.05, 4.69) is 15.0 Å². The van der Waals surface area contributed by atoms with Gasteiger partial charge in [0.15, 0.2) is 11.5 Å². The number of ether oxygens (including phenoxy) is 3. The average molecular weight is 314 g/mol. The van der Waals surface area contributed by atoms with Crippen LogP contribution < -0.4 is 14.8 Å². The highest BCUT2D eigenvalue weighted by Gasteiger charge is 2.06. The molecule has 0 aliphatic carbocycles.